The van der Waals surface area contributed by atoms with Gasteiger partial charge in [0.05, 0.1) is 24.8 Å². The van der Waals surface area contributed by atoms with Crippen molar-refractivity contribution in [2.75, 3.05) is 16.4 Å². The van der Waals surface area contributed by atoms with Crippen LogP contribution in [0, 0.1) is 27.1 Å². The molecule has 3 aromatic heterocycles. The first kappa shape index (κ1) is 76.7. The van der Waals surface area contributed by atoms with Crippen molar-refractivity contribution in [3.8, 4) is 79.8 Å². The topological polar surface area (TPSA) is 396 Å². The Hall–Kier alpha value is -11.6. The van der Waals surface area contributed by atoms with E-state index in [9.17, 15) is 44.1 Å². The number of nitrogens with zero attached hydrogens (tertiary/aromatic N) is 12. The Morgan fingerprint density at radius 3 is 1.05 bits per heavy atom. The summed E-state index contributed by atoms with van der Waals surface area (Å²) < 4.78 is 16.2. The van der Waals surface area contributed by atoms with Crippen molar-refractivity contribution in [1.29, 1.82) is 0 Å². The summed E-state index contributed by atoms with van der Waals surface area (Å²) in [5.41, 5.74) is 11.3. The molecule has 0 radical (unpaired) electrons. The molecule has 0 aliphatic heterocycles. The molecule has 0 fully saturated rings. The van der Waals surface area contributed by atoms with Crippen LogP contribution in [0.2, 0.25) is 0 Å². The van der Waals surface area contributed by atoms with Crippen molar-refractivity contribution in [3.63, 3.8) is 0 Å². The fraction of sp³-hybridized carbons (Fsp3) is 0.351. The van der Waals surface area contributed by atoms with Gasteiger partial charge in [-0.2, -0.15) is 0 Å². The Balaban J connectivity index is 0.000000214. The van der Waals surface area contributed by atoms with E-state index in [-0.39, 0.29) is 107 Å². The van der Waals surface area contributed by atoms with E-state index >= 15 is 0 Å². The molecule has 0 bridgehead atoms. The van der Waals surface area contributed by atoms with Crippen LogP contribution >= 0.6 is 0 Å². The molecule has 0 atom stereocenters. The van der Waals surface area contributed by atoms with E-state index in [4.69, 9.17) is 19.9 Å². The van der Waals surface area contributed by atoms with Crippen molar-refractivity contribution in [2.45, 2.75) is 143 Å². The summed E-state index contributed by atoms with van der Waals surface area (Å²) in [6.07, 6.45) is 0.767. The molecule has 528 valence electrons. The Morgan fingerprint density at radius 2 is 0.693 bits per heavy atom. The fourth-order valence-electron chi connectivity index (χ4n) is 8.88. The summed E-state index contributed by atoms with van der Waals surface area (Å²) in [6.45, 7) is 28.4. The van der Waals surface area contributed by atoms with Crippen LogP contribution in [-0.4, -0.2) is 112 Å². The second kappa shape index (κ2) is 32.8. The number of rotatable bonds is 18. The lowest BCUT2D eigenvalue weighted by atomic mass is 9.92. The highest BCUT2D eigenvalue weighted by Crippen LogP contribution is 2.35. The summed E-state index contributed by atoms with van der Waals surface area (Å²) in [4.78, 5) is 72.2. The molecule has 27 heteroatoms. The Kier molecular flexibility index (Phi) is 24.9. The number of aromatic nitrogens is 12. The molecular weight excluding hydrogens is 1290 g/mol. The standard InChI is InChI=1S/C27H31N5O5.C26H32N6O3.C21H22N4O4/c1-26(2,3)14-21(33)37-15-18-13-17(24(34)35)9-12-20(18)23-31-29-22(30-32-23)16-7-10-19(11-8-16)28-25(36)27(4,5)6;1-25(2,3)14-21(33)35-15-17-13-18(27)9-12-20(17)23-31-29-22(30-32-23)16-7-10-19(11-8-16)28-24(34)26(4,5)6;1-21(2,3)11-18(28)29-12-14-9-16(26)17(27)10-15(14)20-24-22-19(23-25-20)13-7-5-4-6-8-13/h7-13H,14-15H2,1-6H3,(H,28,36)(H,34,35);7-13H,14-15,27H2,1-6H3,(H,28,34);4-10,26-27H,11-12H2,1-3H3. The van der Waals surface area contributed by atoms with E-state index in [1.807, 2.05) is 134 Å². The second-order valence-corrected chi connectivity index (χ2v) is 29.4. The highest BCUT2D eigenvalue weighted by atomic mass is 16.5. The molecule has 7 N–H and O–H groups in total. The van der Waals surface area contributed by atoms with E-state index in [0.717, 1.165) is 5.56 Å². The van der Waals surface area contributed by atoms with Gasteiger partial charge in [-0.15, -0.1) is 61.2 Å². The highest BCUT2D eigenvalue weighted by molar-refractivity contribution is 5.95. The number of anilines is 3. The number of nitrogens with two attached hydrogens (primary N) is 1. The van der Waals surface area contributed by atoms with Gasteiger partial charge in [0.2, 0.25) is 46.8 Å². The molecule has 0 aliphatic rings. The van der Waals surface area contributed by atoms with Gasteiger partial charge in [-0.3, -0.25) is 24.0 Å². The molecule has 6 aromatic carbocycles. The lowest BCUT2D eigenvalue weighted by Crippen LogP contribution is -2.27. The van der Waals surface area contributed by atoms with Gasteiger partial charge in [0, 0.05) is 78.0 Å². The maximum Gasteiger partial charge on any atom is 0.335 e. The quantitative estimate of drug-likeness (QED) is 0.0201. The number of aromatic hydroxyl groups is 2. The molecule has 0 saturated carbocycles. The van der Waals surface area contributed by atoms with Crippen LogP contribution in [0.4, 0.5) is 17.1 Å². The average molecular weight is 1380 g/mol. The number of phenols is 2. The number of aromatic carboxylic acids is 1. The van der Waals surface area contributed by atoms with Gasteiger partial charge in [0.25, 0.3) is 0 Å². The number of hydrogen-bond acceptors (Lipinski definition) is 24. The van der Waals surface area contributed by atoms with E-state index < -0.39 is 22.8 Å². The monoisotopic (exact) mass is 1380 g/mol. The number of carbonyl (C=O) groups excluding carboxylic acids is 5. The van der Waals surface area contributed by atoms with Gasteiger partial charge >= 0.3 is 23.9 Å². The lowest BCUT2D eigenvalue weighted by molar-refractivity contribution is -0.148. The molecule has 3 heterocycles. The van der Waals surface area contributed by atoms with E-state index in [1.165, 1.54) is 24.3 Å². The van der Waals surface area contributed by atoms with E-state index in [2.05, 4.69) is 71.8 Å². The minimum absolute atomic E-state index is 0.0433. The van der Waals surface area contributed by atoms with Crippen molar-refractivity contribution in [3.05, 3.63) is 150 Å². The number of carboxylic acids is 1. The number of amides is 2. The minimum Gasteiger partial charge on any atom is -0.504 e. The molecule has 9 rings (SSSR count). The van der Waals surface area contributed by atoms with Crippen molar-refractivity contribution < 1.29 is 58.3 Å². The third kappa shape index (κ3) is 23.8. The van der Waals surface area contributed by atoms with Crippen molar-refractivity contribution >= 4 is 52.8 Å². The number of ether oxygens (including phenoxy) is 3. The highest BCUT2D eigenvalue weighted by Gasteiger charge is 2.26. The number of esters is 3. The average Bonchev–Trinajstić information content (AvgIpc) is 0.833. The van der Waals surface area contributed by atoms with Crippen molar-refractivity contribution in [2.24, 2.45) is 27.1 Å². The van der Waals surface area contributed by atoms with Crippen LogP contribution in [0.5, 0.6) is 11.5 Å². The van der Waals surface area contributed by atoms with Crippen molar-refractivity contribution in [1.82, 2.24) is 61.2 Å². The number of phenolic OH excluding ortho intramolecular Hbond substituents is 2. The predicted molar refractivity (Wildman–Crippen MR) is 378 cm³/mol. The minimum atomic E-state index is -1.11. The zero-order chi connectivity index (χ0) is 74.2. The summed E-state index contributed by atoms with van der Waals surface area (Å²) in [7, 11) is 0. The van der Waals surface area contributed by atoms with Crippen LogP contribution in [0.15, 0.2) is 127 Å². The Bertz CT molecular complexity index is 4370. The summed E-state index contributed by atoms with van der Waals surface area (Å²) in [6, 6.07) is 35.6. The van der Waals surface area contributed by atoms with Gasteiger partial charge in [-0.1, -0.05) is 134 Å². The summed E-state index contributed by atoms with van der Waals surface area (Å²) in [5, 5.41) is 84.8. The molecule has 0 saturated heterocycles. The Labute approximate surface area is 585 Å². The van der Waals surface area contributed by atoms with Crippen LogP contribution in [0.3, 0.4) is 0 Å². The van der Waals surface area contributed by atoms with Gasteiger partial charge in [0.1, 0.15) is 19.8 Å². The SMILES string of the molecule is CC(C)(C)CC(=O)OCc1cc(C(=O)O)ccc1-c1nnc(-c2ccc(NC(=O)C(C)(C)C)cc2)nn1.CC(C)(C)CC(=O)OCc1cc(N)ccc1-c1nnc(-c2ccc(NC(=O)C(C)(C)C)cc2)nn1.CC(C)(C)CC(=O)OCc1cc(O)c(O)cc1-c1nnc(-c2ccccc2)nn1. The molecule has 27 nitrogen and oxygen atoms in total. The molecule has 0 aliphatic carbocycles. The zero-order valence-corrected chi connectivity index (χ0v) is 59.3. The molecule has 0 unspecified atom stereocenters. The maximum absolute atomic E-state index is 12.2. The fourth-order valence-corrected chi connectivity index (χ4v) is 8.88. The first-order valence-corrected chi connectivity index (χ1v) is 32.2. The summed E-state index contributed by atoms with van der Waals surface area (Å²) >= 11 is 0. The third-order valence-electron chi connectivity index (χ3n) is 14.2. The molecular formula is C74H85N15O12. The predicted octanol–water partition coefficient (Wildman–Crippen LogP) is 12.9. The van der Waals surface area contributed by atoms with Gasteiger partial charge < -0.3 is 45.9 Å². The van der Waals surface area contributed by atoms with Crippen LogP contribution in [0.25, 0.3) is 68.3 Å². The normalized spacial score (nSPS) is 11.6. The zero-order valence-electron chi connectivity index (χ0n) is 59.3. The maximum atomic E-state index is 12.2. The number of carbonyl (C=O) groups is 6. The number of nitrogens with one attached hydrogen (secondary N) is 2. The van der Waals surface area contributed by atoms with Gasteiger partial charge in [0.15, 0.2) is 11.5 Å². The van der Waals surface area contributed by atoms with Crippen LogP contribution in [-0.2, 0) is 58.0 Å². The second-order valence-electron chi connectivity index (χ2n) is 29.4. The Morgan fingerprint density at radius 1 is 0.376 bits per heavy atom. The summed E-state index contributed by atoms with van der Waals surface area (Å²) in [5.74, 6) is -1.44. The first-order chi connectivity index (χ1) is 47.3. The number of benzene rings is 6. The number of carboxylic acid groups (broad SMARTS) is 1. The van der Waals surface area contributed by atoms with Crippen LogP contribution in [0.1, 0.15) is 150 Å². The molecule has 2 amide bonds. The number of hydrogen-bond donors (Lipinski definition) is 6. The van der Waals surface area contributed by atoms with Gasteiger partial charge in [-0.05, 0) is 113 Å². The third-order valence-corrected chi connectivity index (χ3v) is 14.2. The van der Waals surface area contributed by atoms with Gasteiger partial charge in [-0.25, -0.2) is 4.79 Å². The van der Waals surface area contributed by atoms with Crippen LogP contribution < -0.4 is 16.4 Å². The molecule has 101 heavy (non-hydrogen) atoms. The largest absolute Gasteiger partial charge is 0.504 e. The van der Waals surface area contributed by atoms with E-state index in [1.54, 1.807) is 72.8 Å². The number of nitrogen functional groups attached to an aromatic ring is 1. The molecule has 9 aromatic rings. The molecule has 0 spiro atoms. The lowest BCUT2D eigenvalue weighted by Gasteiger charge is -2.17. The first-order valence-electron chi connectivity index (χ1n) is 32.2. The van der Waals surface area contributed by atoms with E-state index in [0.29, 0.717) is 85.5 Å². The smallest absolute Gasteiger partial charge is 0.335 e.